The van der Waals surface area contributed by atoms with Crippen LogP contribution in [0, 0.1) is 18.8 Å². The summed E-state index contributed by atoms with van der Waals surface area (Å²) in [7, 11) is 2.69. The second kappa shape index (κ2) is 18.7. The van der Waals surface area contributed by atoms with E-state index in [0.717, 1.165) is 24.7 Å². The van der Waals surface area contributed by atoms with E-state index < -0.39 is 41.8 Å². The zero-order valence-corrected chi connectivity index (χ0v) is 28.2. The van der Waals surface area contributed by atoms with Crippen LogP contribution in [0.5, 0.6) is 0 Å². The molecule has 250 valence electrons. The highest BCUT2D eigenvalue weighted by Crippen LogP contribution is 2.56. The summed E-state index contributed by atoms with van der Waals surface area (Å²) >= 11 is 0. The minimum atomic E-state index is -3.48. The van der Waals surface area contributed by atoms with Crippen molar-refractivity contribution >= 4 is 18.0 Å². The van der Waals surface area contributed by atoms with Crippen LogP contribution in [0.3, 0.4) is 0 Å². The van der Waals surface area contributed by atoms with Gasteiger partial charge in [-0.1, -0.05) is 70.5 Å². The Bertz CT molecular complexity index is 1300. The molecule has 1 aromatic rings. The van der Waals surface area contributed by atoms with Gasteiger partial charge in [0.1, 0.15) is 17.9 Å². The Morgan fingerprint density at radius 1 is 1.02 bits per heavy atom. The number of rotatable bonds is 14. The molecule has 0 spiro atoms. The number of nitrogens with one attached hydrogen (secondary N) is 4. The van der Waals surface area contributed by atoms with E-state index in [1.165, 1.54) is 0 Å². The van der Waals surface area contributed by atoms with Gasteiger partial charge in [0.15, 0.2) is 0 Å². The van der Waals surface area contributed by atoms with Gasteiger partial charge in [-0.2, -0.15) is 0 Å². The number of hydrazine groups is 1. The predicted molar refractivity (Wildman–Crippen MR) is 173 cm³/mol. The average molecular weight is 633 g/mol. The summed E-state index contributed by atoms with van der Waals surface area (Å²) in [6.45, 7) is 15.2. The third-order valence-corrected chi connectivity index (χ3v) is 7.09. The van der Waals surface area contributed by atoms with Gasteiger partial charge < -0.3 is 20.2 Å². The molecular formula is C34H50F2N4O5. The van der Waals surface area contributed by atoms with Crippen LogP contribution in [0.4, 0.5) is 13.6 Å². The number of carbonyl (C=O) groups excluding carboxylic acids is 3. The van der Waals surface area contributed by atoms with Gasteiger partial charge in [-0.15, -0.1) is 0 Å². The zero-order valence-electron chi connectivity index (χ0n) is 28.2. The van der Waals surface area contributed by atoms with E-state index in [9.17, 15) is 23.2 Å². The molecule has 1 aliphatic rings. The van der Waals surface area contributed by atoms with E-state index in [1.807, 2.05) is 65.0 Å². The minimum absolute atomic E-state index is 0.304. The molecule has 0 bridgehead atoms. The lowest BCUT2D eigenvalue weighted by molar-refractivity contribution is -0.145. The van der Waals surface area contributed by atoms with Crippen molar-refractivity contribution in [2.75, 3.05) is 14.2 Å². The molecule has 3 unspecified atom stereocenters. The summed E-state index contributed by atoms with van der Waals surface area (Å²) in [5.74, 6) is -9.18. The first-order valence-electron chi connectivity index (χ1n) is 15.3. The molecule has 0 aromatic heterocycles. The zero-order chi connectivity index (χ0) is 34.3. The number of hydrogen-bond donors (Lipinski definition) is 4. The van der Waals surface area contributed by atoms with E-state index >= 15 is 0 Å². The Morgan fingerprint density at radius 2 is 1.67 bits per heavy atom. The highest BCUT2D eigenvalue weighted by Gasteiger charge is 2.76. The van der Waals surface area contributed by atoms with Crippen LogP contribution >= 0.6 is 0 Å². The van der Waals surface area contributed by atoms with Gasteiger partial charge >= 0.3 is 12.1 Å². The number of ether oxygens (including phenoxy) is 2. The topological polar surface area (TPSA) is 118 Å². The molecule has 0 radical (unpaired) electrons. The average Bonchev–Trinajstić information content (AvgIpc) is 3.59. The van der Waals surface area contributed by atoms with Crippen LogP contribution in [0.2, 0.25) is 0 Å². The minimum Gasteiger partial charge on any atom is -0.469 e. The fourth-order valence-corrected chi connectivity index (χ4v) is 4.72. The van der Waals surface area contributed by atoms with E-state index in [0.29, 0.717) is 41.1 Å². The van der Waals surface area contributed by atoms with Crippen molar-refractivity contribution in [2.24, 2.45) is 11.8 Å². The number of alkyl carbamates (subject to hydrolysis) is 1. The molecule has 1 aromatic carbocycles. The van der Waals surface area contributed by atoms with E-state index in [2.05, 4.69) is 26.2 Å². The molecule has 1 fully saturated rings. The first-order valence-corrected chi connectivity index (χ1v) is 15.3. The molecule has 1 aliphatic carbocycles. The summed E-state index contributed by atoms with van der Waals surface area (Å²) in [6.07, 6.45) is 5.93. The Labute approximate surface area is 266 Å². The highest BCUT2D eigenvalue weighted by molar-refractivity contribution is 5.94. The van der Waals surface area contributed by atoms with Gasteiger partial charge in [0.2, 0.25) is 5.91 Å². The van der Waals surface area contributed by atoms with Gasteiger partial charge in [0, 0.05) is 18.4 Å². The molecule has 11 heteroatoms. The molecule has 1 saturated carbocycles. The number of aryl methyl sites for hydroxylation is 1. The van der Waals surface area contributed by atoms with Crippen molar-refractivity contribution in [2.45, 2.75) is 86.7 Å². The van der Waals surface area contributed by atoms with Crippen LogP contribution in [-0.4, -0.2) is 38.0 Å². The number of hydrogen-bond acceptors (Lipinski definition) is 7. The predicted octanol–water partition coefficient (Wildman–Crippen LogP) is 6.90. The molecule has 2 rings (SSSR count). The molecule has 2 amide bonds. The molecule has 45 heavy (non-hydrogen) atoms. The van der Waals surface area contributed by atoms with Crippen LogP contribution in [0.25, 0.3) is 0 Å². The van der Waals surface area contributed by atoms with Gasteiger partial charge in [0.05, 0.1) is 12.8 Å². The van der Waals surface area contributed by atoms with Crippen molar-refractivity contribution in [3.63, 3.8) is 0 Å². The lowest BCUT2D eigenvalue weighted by Gasteiger charge is -2.20. The molecule has 0 heterocycles. The summed E-state index contributed by atoms with van der Waals surface area (Å²) in [5, 5.41) is 5.43. The second-order valence-electron chi connectivity index (χ2n) is 10.4. The number of amides is 2. The molecule has 0 aliphatic heterocycles. The third kappa shape index (κ3) is 10.8. The Balaban J connectivity index is 0.00000496. The van der Waals surface area contributed by atoms with Crippen molar-refractivity contribution < 1.29 is 32.6 Å². The monoisotopic (exact) mass is 632 g/mol. The highest BCUT2D eigenvalue weighted by atomic mass is 19.3. The SMILES string of the molecule is CC.CC/C=C(C)/C(=C\C=C(C)\C(NNC)=C(\CCC)NC(=O)OC(C)c1ccccc1C)NC(=O)C1C(C(=O)OC)C1(F)F. The number of alkyl halides is 2. The molecule has 9 nitrogen and oxygen atoms in total. The van der Waals surface area contributed by atoms with Gasteiger partial charge in [-0.3, -0.25) is 14.9 Å². The second-order valence-corrected chi connectivity index (χ2v) is 10.4. The van der Waals surface area contributed by atoms with Crippen LogP contribution in [0.15, 0.2) is 70.7 Å². The molecular weight excluding hydrogens is 582 g/mol. The number of benzene rings is 1. The summed E-state index contributed by atoms with van der Waals surface area (Å²) in [5.41, 5.74) is 10.6. The maximum atomic E-state index is 14.2. The first kappa shape index (κ1) is 39.0. The van der Waals surface area contributed by atoms with Gasteiger partial charge in [-0.05, 0) is 68.9 Å². The van der Waals surface area contributed by atoms with Crippen LogP contribution in [0.1, 0.15) is 85.0 Å². The van der Waals surface area contributed by atoms with Crippen molar-refractivity contribution in [1.29, 1.82) is 0 Å². The van der Waals surface area contributed by atoms with Crippen LogP contribution in [-0.2, 0) is 19.1 Å². The normalized spacial score (nSPS) is 18.8. The Hall–Kier alpha value is -3.99. The van der Waals surface area contributed by atoms with E-state index in [4.69, 9.17) is 4.74 Å². The standard InChI is InChI=1S/C32H44F2N4O5.C2H6/c1-9-13-20(4)24(36-29(39)26-27(30(40)42-8)32(26,33)34)18-17-21(5)28(38-35-7)25(14-10-2)37-31(41)43-22(6)23-16-12-11-15-19(23)3;1-2/h11-13,15-18,22,26-27,35,38H,9-10,14H2,1-8H3,(H,36,39)(H,37,41);1-2H3/b20-13+,21-17+,24-18+,28-25+;. The summed E-state index contributed by atoms with van der Waals surface area (Å²) in [6, 6.07) is 7.67. The fourth-order valence-electron chi connectivity index (χ4n) is 4.72. The first-order chi connectivity index (χ1) is 21.3. The summed E-state index contributed by atoms with van der Waals surface area (Å²) in [4.78, 5) is 37.5. The third-order valence-electron chi connectivity index (χ3n) is 7.09. The maximum absolute atomic E-state index is 14.2. The van der Waals surface area contributed by atoms with E-state index in [-0.39, 0.29) is 0 Å². The Kier molecular flexibility index (Phi) is 16.2. The van der Waals surface area contributed by atoms with Gasteiger partial charge in [-0.25, -0.2) is 19.0 Å². The van der Waals surface area contributed by atoms with Crippen molar-refractivity contribution in [3.05, 3.63) is 81.9 Å². The number of allylic oxidation sites excluding steroid dienone is 6. The molecule has 3 atom stereocenters. The van der Waals surface area contributed by atoms with E-state index in [1.54, 1.807) is 40.0 Å². The van der Waals surface area contributed by atoms with Crippen molar-refractivity contribution in [1.82, 2.24) is 21.5 Å². The lowest BCUT2D eigenvalue weighted by atomic mass is 10.0. The number of halogens is 2. The number of methoxy groups -OCH3 is 1. The number of esters is 1. The quantitative estimate of drug-likeness (QED) is 0.100. The molecule has 0 saturated heterocycles. The van der Waals surface area contributed by atoms with Gasteiger partial charge in [0.25, 0.3) is 5.92 Å². The largest absolute Gasteiger partial charge is 0.469 e. The van der Waals surface area contributed by atoms with Crippen LogP contribution < -0.4 is 21.5 Å². The number of carbonyl (C=O) groups is 3. The maximum Gasteiger partial charge on any atom is 0.412 e. The smallest absolute Gasteiger partial charge is 0.412 e. The molecule has 4 N–H and O–H groups in total. The van der Waals surface area contributed by atoms with Crippen molar-refractivity contribution in [3.8, 4) is 0 Å². The summed E-state index contributed by atoms with van der Waals surface area (Å²) < 4.78 is 38.6. The lowest BCUT2D eigenvalue weighted by Crippen LogP contribution is -2.34. The Morgan fingerprint density at radius 3 is 2.22 bits per heavy atom. The fraction of sp³-hybridized carbons (Fsp3) is 0.500.